The summed E-state index contributed by atoms with van der Waals surface area (Å²) in [4.78, 5) is 23.5. The highest BCUT2D eigenvalue weighted by Crippen LogP contribution is 2.33. The van der Waals surface area contributed by atoms with Gasteiger partial charge in [0, 0.05) is 0 Å². The Hall–Kier alpha value is -2.78. The van der Waals surface area contributed by atoms with Gasteiger partial charge in [0.05, 0.1) is 6.33 Å². The standard InChI is InChI=1S/C14H15N5O6/c1-2-3-24-14(23)9(22)10-7(20)8(21)13(25-10)19-5-18-6-11(15)16-4-17-12(6)19/h1,4-5,7-10,13,20-22H,3H2,(H2,15,16,17)/t7?,8?,9?,10-,13+/m0/s1. The van der Waals surface area contributed by atoms with Gasteiger partial charge in [-0.1, -0.05) is 5.92 Å². The Labute approximate surface area is 141 Å². The normalized spacial score (nSPS) is 27.1. The highest BCUT2D eigenvalue weighted by atomic mass is 16.6. The van der Waals surface area contributed by atoms with E-state index in [1.807, 2.05) is 0 Å². The molecule has 25 heavy (non-hydrogen) atoms. The SMILES string of the molecule is C#CCOC(=O)C(O)[C@H]1O[C@@H](n2cnc3c(N)ncnc32)C(O)C1O. The van der Waals surface area contributed by atoms with Gasteiger partial charge in [-0.3, -0.25) is 4.57 Å². The van der Waals surface area contributed by atoms with Gasteiger partial charge in [-0.2, -0.15) is 0 Å². The van der Waals surface area contributed by atoms with Crippen LogP contribution < -0.4 is 5.73 Å². The van der Waals surface area contributed by atoms with Crippen molar-refractivity contribution >= 4 is 23.0 Å². The van der Waals surface area contributed by atoms with Gasteiger partial charge in [0.2, 0.25) is 0 Å². The van der Waals surface area contributed by atoms with Crippen LogP contribution in [0.3, 0.4) is 0 Å². The predicted octanol–water partition coefficient (Wildman–Crippen LogP) is -2.43. The van der Waals surface area contributed by atoms with Crippen LogP contribution in [0.25, 0.3) is 11.2 Å². The highest BCUT2D eigenvalue weighted by molar-refractivity contribution is 5.81. The molecule has 0 bridgehead atoms. The molecular weight excluding hydrogens is 334 g/mol. The summed E-state index contributed by atoms with van der Waals surface area (Å²) in [7, 11) is 0. The lowest BCUT2D eigenvalue weighted by Crippen LogP contribution is -2.43. The molecule has 1 aliphatic heterocycles. The number of aliphatic hydroxyl groups excluding tert-OH is 3. The molecule has 3 unspecified atom stereocenters. The molecule has 3 rings (SSSR count). The van der Waals surface area contributed by atoms with E-state index >= 15 is 0 Å². The maximum absolute atomic E-state index is 11.7. The zero-order chi connectivity index (χ0) is 18.1. The Kier molecular flexibility index (Phi) is 4.51. The zero-order valence-electron chi connectivity index (χ0n) is 12.8. The van der Waals surface area contributed by atoms with E-state index in [4.69, 9.17) is 16.9 Å². The average Bonchev–Trinajstić information content (AvgIpc) is 3.15. The molecule has 0 amide bonds. The molecule has 1 saturated heterocycles. The van der Waals surface area contributed by atoms with Crippen molar-refractivity contribution < 1.29 is 29.6 Å². The van der Waals surface area contributed by atoms with Crippen LogP contribution in [0, 0.1) is 12.3 Å². The van der Waals surface area contributed by atoms with Gasteiger partial charge >= 0.3 is 5.97 Å². The second-order valence-corrected chi connectivity index (χ2v) is 5.31. The number of carbonyl (C=O) groups is 1. The smallest absolute Gasteiger partial charge is 0.338 e. The molecule has 5 atom stereocenters. The number of ether oxygens (including phenoxy) is 2. The average molecular weight is 349 g/mol. The predicted molar refractivity (Wildman–Crippen MR) is 81.5 cm³/mol. The monoisotopic (exact) mass is 349 g/mol. The molecular formula is C14H15N5O6. The van der Waals surface area contributed by atoms with Crippen LogP contribution in [0.1, 0.15) is 6.23 Å². The lowest BCUT2D eigenvalue weighted by atomic mass is 10.1. The number of fused-ring (bicyclic) bond motifs is 1. The van der Waals surface area contributed by atoms with E-state index in [9.17, 15) is 20.1 Å². The highest BCUT2D eigenvalue weighted by Gasteiger charge is 2.49. The van der Waals surface area contributed by atoms with Crippen LogP contribution in [0.5, 0.6) is 0 Å². The van der Waals surface area contributed by atoms with Crippen LogP contribution in [0.2, 0.25) is 0 Å². The largest absolute Gasteiger partial charge is 0.451 e. The number of aromatic nitrogens is 4. The molecule has 2 aromatic heterocycles. The summed E-state index contributed by atoms with van der Waals surface area (Å²) in [6.45, 7) is -0.340. The van der Waals surface area contributed by atoms with Crippen molar-refractivity contribution in [3.8, 4) is 12.3 Å². The van der Waals surface area contributed by atoms with Gasteiger partial charge in [0.25, 0.3) is 0 Å². The molecule has 11 nitrogen and oxygen atoms in total. The Morgan fingerprint density at radius 1 is 1.44 bits per heavy atom. The number of esters is 1. The van der Waals surface area contributed by atoms with E-state index < -0.39 is 36.6 Å². The van der Waals surface area contributed by atoms with Crippen molar-refractivity contribution in [2.75, 3.05) is 12.3 Å². The fraction of sp³-hybridized carbons (Fsp3) is 0.429. The number of hydrogen-bond acceptors (Lipinski definition) is 10. The van der Waals surface area contributed by atoms with Gasteiger partial charge in [0.1, 0.15) is 30.2 Å². The zero-order valence-corrected chi connectivity index (χ0v) is 12.8. The fourth-order valence-corrected chi connectivity index (χ4v) is 2.56. The molecule has 2 aromatic rings. The lowest BCUT2D eigenvalue weighted by molar-refractivity contribution is -0.165. The van der Waals surface area contributed by atoms with Crippen LogP contribution in [-0.4, -0.2) is 71.8 Å². The number of anilines is 1. The first-order valence-corrected chi connectivity index (χ1v) is 7.18. The maximum atomic E-state index is 11.7. The van der Waals surface area contributed by atoms with Crippen molar-refractivity contribution in [1.82, 2.24) is 19.5 Å². The van der Waals surface area contributed by atoms with E-state index in [1.165, 1.54) is 17.2 Å². The second-order valence-electron chi connectivity index (χ2n) is 5.31. The first-order valence-electron chi connectivity index (χ1n) is 7.18. The van der Waals surface area contributed by atoms with Gasteiger partial charge in [-0.05, 0) is 0 Å². The second kappa shape index (κ2) is 6.61. The first kappa shape index (κ1) is 17.1. The molecule has 132 valence electrons. The Morgan fingerprint density at radius 2 is 2.20 bits per heavy atom. The number of carbonyl (C=O) groups excluding carboxylic acids is 1. The molecule has 11 heteroatoms. The minimum absolute atomic E-state index is 0.131. The van der Waals surface area contributed by atoms with Crippen LogP contribution in [0.15, 0.2) is 12.7 Å². The number of hydrogen-bond donors (Lipinski definition) is 4. The summed E-state index contributed by atoms with van der Waals surface area (Å²) in [6.07, 6.45) is 0.0211. The van der Waals surface area contributed by atoms with Crippen molar-refractivity contribution in [2.45, 2.75) is 30.6 Å². The molecule has 0 saturated carbocycles. The van der Waals surface area contributed by atoms with Gasteiger partial charge in [-0.15, -0.1) is 6.42 Å². The number of nitrogen functional groups attached to an aromatic ring is 1. The van der Waals surface area contributed by atoms with E-state index in [0.29, 0.717) is 0 Å². The quantitative estimate of drug-likeness (QED) is 0.344. The van der Waals surface area contributed by atoms with Crippen LogP contribution in [-0.2, 0) is 14.3 Å². The summed E-state index contributed by atoms with van der Waals surface area (Å²) in [5.41, 5.74) is 6.24. The van der Waals surface area contributed by atoms with Crippen molar-refractivity contribution in [1.29, 1.82) is 0 Å². The number of nitrogens with zero attached hydrogens (tertiary/aromatic N) is 4. The fourth-order valence-electron chi connectivity index (χ4n) is 2.56. The molecule has 0 spiro atoms. The van der Waals surface area contributed by atoms with Crippen LogP contribution >= 0.6 is 0 Å². The topological polar surface area (TPSA) is 166 Å². The summed E-state index contributed by atoms with van der Waals surface area (Å²) in [5, 5.41) is 30.4. The number of nitrogens with two attached hydrogens (primary N) is 1. The molecule has 0 aromatic carbocycles. The Bertz CT molecular complexity index is 833. The minimum atomic E-state index is -1.84. The van der Waals surface area contributed by atoms with E-state index in [1.54, 1.807) is 0 Å². The summed E-state index contributed by atoms with van der Waals surface area (Å²) >= 11 is 0. The molecule has 0 radical (unpaired) electrons. The summed E-state index contributed by atoms with van der Waals surface area (Å²) in [5.74, 6) is 1.13. The minimum Gasteiger partial charge on any atom is -0.451 e. The van der Waals surface area contributed by atoms with E-state index in [0.717, 1.165) is 0 Å². The van der Waals surface area contributed by atoms with Gasteiger partial charge in [0.15, 0.2) is 30.4 Å². The number of imidazole rings is 1. The molecule has 3 heterocycles. The Balaban J connectivity index is 1.86. The number of terminal acetylenes is 1. The van der Waals surface area contributed by atoms with Gasteiger partial charge < -0.3 is 30.5 Å². The van der Waals surface area contributed by atoms with Crippen molar-refractivity contribution in [2.24, 2.45) is 0 Å². The summed E-state index contributed by atoms with van der Waals surface area (Å²) < 4.78 is 11.4. The van der Waals surface area contributed by atoms with Gasteiger partial charge in [-0.25, -0.2) is 19.7 Å². The third kappa shape index (κ3) is 2.87. The molecule has 5 N–H and O–H groups in total. The first-order chi connectivity index (χ1) is 12.0. The molecule has 1 aliphatic rings. The van der Waals surface area contributed by atoms with Crippen LogP contribution in [0.4, 0.5) is 5.82 Å². The third-order valence-corrected chi connectivity index (χ3v) is 3.79. The Morgan fingerprint density at radius 3 is 2.92 bits per heavy atom. The number of aliphatic hydroxyl groups is 3. The number of rotatable bonds is 4. The lowest BCUT2D eigenvalue weighted by Gasteiger charge is -2.19. The molecule has 1 fully saturated rings. The van der Waals surface area contributed by atoms with E-state index in [2.05, 4.69) is 25.6 Å². The molecule has 0 aliphatic carbocycles. The third-order valence-electron chi connectivity index (χ3n) is 3.79. The van der Waals surface area contributed by atoms with E-state index in [-0.39, 0.29) is 23.6 Å². The maximum Gasteiger partial charge on any atom is 0.338 e. The van der Waals surface area contributed by atoms with Crippen molar-refractivity contribution in [3.63, 3.8) is 0 Å². The van der Waals surface area contributed by atoms with Crippen molar-refractivity contribution in [3.05, 3.63) is 12.7 Å². The summed E-state index contributed by atoms with van der Waals surface area (Å²) in [6, 6.07) is 0.